The van der Waals surface area contributed by atoms with E-state index in [0.717, 1.165) is 76.5 Å². The summed E-state index contributed by atoms with van der Waals surface area (Å²) in [6.07, 6.45) is 6.22. The molecule has 5 atom stereocenters. The van der Waals surface area contributed by atoms with Crippen LogP contribution in [0.2, 0.25) is 0 Å². The molecule has 3 aliphatic heterocycles. The number of nitrogens with one attached hydrogen (secondary N) is 2. The molecule has 12 heteroatoms. The summed E-state index contributed by atoms with van der Waals surface area (Å²) in [7, 11) is 3.90. The quantitative estimate of drug-likeness (QED) is 0.139. The van der Waals surface area contributed by atoms with Crippen molar-refractivity contribution in [2.24, 2.45) is 11.3 Å². The lowest BCUT2D eigenvalue weighted by atomic mass is 9.71. The number of rotatable bonds is 9. The zero-order chi connectivity index (χ0) is 40.0. The highest BCUT2D eigenvalue weighted by Crippen LogP contribution is 2.42. The number of likely N-dealkylation sites (tertiary alicyclic amines) is 3. The highest BCUT2D eigenvalue weighted by molar-refractivity contribution is 5.85. The smallest absolute Gasteiger partial charge is 0.407 e. The molecule has 0 bridgehead atoms. The van der Waals surface area contributed by atoms with E-state index in [-0.39, 0.29) is 53.9 Å². The lowest BCUT2D eigenvalue weighted by Gasteiger charge is -2.52. The molecule has 8 rings (SSSR count). The Balaban J connectivity index is 0.919. The van der Waals surface area contributed by atoms with E-state index >= 15 is 0 Å². The van der Waals surface area contributed by atoms with Crippen molar-refractivity contribution in [2.75, 3.05) is 33.7 Å². The summed E-state index contributed by atoms with van der Waals surface area (Å²) in [5.74, 6) is 1.33. The highest BCUT2D eigenvalue weighted by atomic mass is 16.4. The summed E-state index contributed by atoms with van der Waals surface area (Å²) >= 11 is 0. The highest BCUT2D eigenvalue weighted by Gasteiger charge is 2.53. The van der Waals surface area contributed by atoms with Crippen LogP contribution in [-0.2, 0) is 9.59 Å². The van der Waals surface area contributed by atoms with Crippen LogP contribution in [0.3, 0.4) is 0 Å². The number of aromatic amines is 2. The van der Waals surface area contributed by atoms with Gasteiger partial charge in [0.15, 0.2) is 0 Å². The van der Waals surface area contributed by atoms with Gasteiger partial charge in [-0.3, -0.25) is 14.5 Å². The molecule has 296 valence electrons. The molecular weight excluding hydrogens is 717 g/mol. The monoisotopic (exact) mass is 768 g/mol. The van der Waals surface area contributed by atoms with Crippen LogP contribution in [0.25, 0.3) is 33.6 Å². The molecule has 2 aromatic heterocycles. The van der Waals surface area contributed by atoms with Gasteiger partial charge in [0.1, 0.15) is 17.7 Å². The van der Waals surface area contributed by atoms with Crippen molar-refractivity contribution in [1.29, 1.82) is 0 Å². The van der Waals surface area contributed by atoms with Gasteiger partial charge in [-0.25, -0.2) is 14.8 Å². The molecule has 12 nitrogen and oxygen atoms in total. The molecule has 0 spiro atoms. The van der Waals surface area contributed by atoms with Gasteiger partial charge in [-0.2, -0.15) is 0 Å². The number of imidazole rings is 2. The summed E-state index contributed by atoms with van der Waals surface area (Å²) in [5.41, 5.74) is 6.64. The van der Waals surface area contributed by atoms with Crippen molar-refractivity contribution < 1.29 is 19.5 Å². The SMILES string of the molecule is CN(C)[C@@H](C(=O)N1CCC[C@H]1c1ncc(-c2ccc(-c3ccc(-c4cnc([C@@H]5CCCN5C(=O)C5CN(C(=O)O)C5C(C)(C)C)[nH]4)cc3)cc2)[nH]1)c1ccccc1. The van der Waals surface area contributed by atoms with E-state index in [0.29, 0.717) is 13.1 Å². The van der Waals surface area contributed by atoms with Crippen LogP contribution in [-0.4, -0.2) is 102 Å². The van der Waals surface area contributed by atoms with E-state index in [9.17, 15) is 19.5 Å². The van der Waals surface area contributed by atoms with Crippen molar-refractivity contribution in [3.8, 4) is 33.6 Å². The van der Waals surface area contributed by atoms with Gasteiger partial charge >= 0.3 is 6.09 Å². The average molecular weight is 769 g/mol. The summed E-state index contributed by atoms with van der Waals surface area (Å²) in [5, 5.41) is 9.68. The van der Waals surface area contributed by atoms with Crippen molar-refractivity contribution in [2.45, 2.75) is 70.6 Å². The first-order valence-corrected chi connectivity index (χ1v) is 20.0. The third kappa shape index (κ3) is 7.34. The number of carbonyl (C=O) groups is 3. The Labute approximate surface area is 333 Å². The van der Waals surface area contributed by atoms with E-state index in [4.69, 9.17) is 9.97 Å². The number of benzene rings is 3. The third-order valence-electron chi connectivity index (χ3n) is 12.0. The van der Waals surface area contributed by atoms with Crippen LogP contribution in [0.5, 0.6) is 0 Å². The minimum atomic E-state index is -0.973. The maximum absolute atomic E-state index is 13.9. The molecule has 3 aliphatic rings. The first kappa shape index (κ1) is 38.1. The fourth-order valence-corrected chi connectivity index (χ4v) is 9.27. The first-order valence-electron chi connectivity index (χ1n) is 20.0. The maximum Gasteiger partial charge on any atom is 0.407 e. The van der Waals surface area contributed by atoms with Gasteiger partial charge < -0.3 is 29.8 Å². The third-order valence-corrected chi connectivity index (χ3v) is 12.0. The molecule has 3 amide bonds. The van der Waals surface area contributed by atoms with Gasteiger partial charge in [0.25, 0.3) is 0 Å². The van der Waals surface area contributed by atoms with E-state index in [1.807, 2.05) is 92.3 Å². The number of carbonyl (C=O) groups excluding carboxylic acids is 2. The van der Waals surface area contributed by atoms with Crippen LogP contribution in [0.1, 0.15) is 81.8 Å². The van der Waals surface area contributed by atoms with E-state index < -0.39 is 6.09 Å². The standard InChI is InChI=1S/C45H52N8O4/c1-45(2,3)39-33(27-53(39)44(56)57)42(54)51-23-9-13-36(51)40-46-25-34(48-40)30-19-15-28(16-20-30)29-17-21-31(22-18-29)35-26-47-41(49-35)37-14-10-24-52(37)43(55)38(50(4)5)32-11-7-6-8-12-32/h6-8,11-12,15-22,25-26,33,36-39H,9-10,13-14,23-24,27H2,1-5H3,(H,46,48)(H,47,49)(H,56,57)/t33?,36-,37-,38+,39?/m0/s1. The number of aromatic nitrogens is 4. The molecule has 3 saturated heterocycles. The molecule has 5 aromatic rings. The van der Waals surface area contributed by atoms with Gasteiger partial charge in [0.2, 0.25) is 11.8 Å². The van der Waals surface area contributed by atoms with Crippen LogP contribution in [0, 0.1) is 11.3 Å². The lowest BCUT2D eigenvalue weighted by molar-refractivity contribution is -0.150. The van der Waals surface area contributed by atoms with Crippen LogP contribution in [0.4, 0.5) is 4.79 Å². The lowest BCUT2D eigenvalue weighted by Crippen LogP contribution is -2.67. The van der Waals surface area contributed by atoms with E-state index in [2.05, 4.69) is 58.5 Å². The summed E-state index contributed by atoms with van der Waals surface area (Å²) in [6, 6.07) is 25.8. The molecule has 57 heavy (non-hydrogen) atoms. The molecule has 5 heterocycles. The predicted octanol–water partition coefficient (Wildman–Crippen LogP) is 7.79. The number of hydrogen-bond donors (Lipinski definition) is 3. The van der Waals surface area contributed by atoms with Gasteiger partial charge in [0, 0.05) is 19.6 Å². The van der Waals surface area contributed by atoms with Crippen LogP contribution >= 0.6 is 0 Å². The van der Waals surface area contributed by atoms with Crippen molar-refractivity contribution in [3.05, 3.63) is 108 Å². The number of H-pyrrole nitrogens is 2. The molecule has 3 N–H and O–H groups in total. The molecule has 0 radical (unpaired) electrons. The van der Waals surface area contributed by atoms with Gasteiger partial charge in [-0.1, -0.05) is 99.6 Å². The number of hydrogen-bond acceptors (Lipinski definition) is 6. The summed E-state index contributed by atoms with van der Waals surface area (Å²) in [6.45, 7) is 7.57. The maximum atomic E-state index is 13.9. The Morgan fingerprint density at radius 3 is 1.70 bits per heavy atom. The first-order chi connectivity index (χ1) is 27.4. The topological polar surface area (TPSA) is 142 Å². The largest absolute Gasteiger partial charge is 0.465 e. The Kier molecular flexibility index (Phi) is 10.2. The Bertz CT molecular complexity index is 2220. The minimum absolute atomic E-state index is 0.0148. The second-order valence-corrected chi connectivity index (χ2v) is 17.0. The fraction of sp³-hybridized carbons (Fsp3) is 0.400. The molecule has 0 saturated carbocycles. The predicted molar refractivity (Wildman–Crippen MR) is 219 cm³/mol. The van der Waals surface area contributed by atoms with Crippen molar-refractivity contribution in [3.63, 3.8) is 0 Å². The summed E-state index contributed by atoms with van der Waals surface area (Å²) in [4.78, 5) is 63.3. The summed E-state index contributed by atoms with van der Waals surface area (Å²) < 4.78 is 0. The minimum Gasteiger partial charge on any atom is -0.465 e. The molecule has 3 fully saturated rings. The van der Waals surface area contributed by atoms with Crippen molar-refractivity contribution >= 4 is 17.9 Å². The van der Waals surface area contributed by atoms with Crippen molar-refractivity contribution in [1.82, 2.24) is 39.5 Å². The number of carboxylic acid groups (broad SMARTS) is 1. The van der Waals surface area contributed by atoms with Crippen LogP contribution < -0.4 is 0 Å². The molecule has 2 unspecified atom stereocenters. The zero-order valence-corrected chi connectivity index (χ0v) is 33.4. The van der Waals surface area contributed by atoms with Crippen LogP contribution in [0.15, 0.2) is 91.3 Å². The Morgan fingerprint density at radius 1 is 0.719 bits per heavy atom. The van der Waals surface area contributed by atoms with E-state index in [1.54, 1.807) is 0 Å². The van der Waals surface area contributed by atoms with Gasteiger partial charge in [0.05, 0.1) is 47.8 Å². The zero-order valence-electron chi connectivity index (χ0n) is 33.4. The number of nitrogens with zero attached hydrogens (tertiary/aromatic N) is 6. The number of amides is 3. The number of likely N-dealkylation sites (N-methyl/N-ethyl adjacent to an activating group) is 1. The normalized spacial score (nSPS) is 21.5. The average Bonchev–Trinajstić information content (AvgIpc) is 4.01. The molecule has 3 aromatic carbocycles. The Morgan fingerprint density at radius 2 is 1.21 bits per heavy atom. The van der Waals surface area contributed by atoms with Gasteiger partial charge in [-0.05, 0) is 73.0 Å². The Hall–Kier alpha value is -5.75. The second kappa shape index (κ2) is 15.3. The fourth-order valence-electron chi connectivity index (χ4n) is 9.27. The van der Waals surface area contributed by atoms with Gasteiger partial charge in [-0.15, -0.1) is 0 Å². The molecular formula is C45H52N8O4. The molecule has 0 aliphatic carbocycles. The second-order valence-electron chi connectivity index (χ2n) is 17.0. The van der Waals surface area contributed by atoms with E-state index in [1.165, 1.54) is 4.90 Å².